The fourth-order valence-electron chi connectivity index (χ4n) is 3.72. The fraction of sp³-hybridized carbons (Fsp3) is 0.375. The van der Waals surface area contributed by atoms with Crippen molar-refractivity contribution in [3.63, 3.8) is 0 Å². The minimum atomic E-state index is -4.40. The molecule has 0 radical (unpaired) electrons. The van der Waals surface area contributed by atoms with Gasteiger partial charge in [0.2, 0.25) is 0 Å². The van der Waals surface area contributed by atoms with Gasteiger partial charge in [-0.15, -0.1) is 11.3 Å². The van der Waals surface area contributed by atoms with Crippen LogP contribution in [0.1, 0.15) is 30.7 Å². The number of nitrogens with zero attached hydrogens (tertiary/aromatic N) is 3. The van der Waals surface area contributed by atoms with E-state index in [1.165, 1.54) is 28.7 Å². The summed E-state index contributed by atoms with van der Waals surface area (Å²) >= 11 is 1.38. The summed E-state index contributed by atoms with van der Waals surface area (Å²) in [7, 11) is -4.40. The molecule has 0 saturated carbocycles. The maximum absolute atomic E-state index is 13.9. The molecule has 1 aliphatic heterocycles. The smallest absolute Gasteiger partial charge is 0.403 e. The number of hydrazine groups is 1. The molecule has 194 valence electrons. The van der Waals surface area contributed by atoms with E-state index in [0.717, 1.165) is 15.4 Å². The van der Waals surface area contributed by atoms with Crippen LogP contribution in [0, 0.1) is 5.92 Å². The number of carboxylic acid groups (broad SMARTS) is 1. The molecule has 2 aromatic rings. The van der Waals surface area contributed by atoms with Crippen LogP contribution in [0.5, 0.6) is 0 Å². The molecule has 3 atom stereocenters. The monoisotopic (exact) mass is 534 g/mol. The highest BCUT2D eigenvalue weighted by Crippen LogP contribution is 2.40. The lowest BCUT2D eigenvalue weighted by Crippen LogP contribution is -2.59. The molecule has 1 aromatic heterocycles. The van der Waals surface area contributed by atoms with Crippen LogP contribution in [-0.4, -0.2) is 56.7 Å². The van der Waals surface area contributed by atoms with Crippen LogP contribution in [-0.2, 0) is 31.7 Å². The molecule has 3 rings (SSSR count). The van der Waals surface area contributed by atoms with E-state index in [4.69, 9.17) is 4.52 Å². The maximum atomic E-state index is 13.9. The summed E-state index contributed by atoms with van der Waals surface area (Å²) in [6.07, 6.45) is 4.75. The summed E-state index contributed by atoms with van der Waals surface area (Å²) in [5.41, 5.74) is 0.734. The number of nitrogens with one attached hydrogen (secondary N) is 1. The molecular weight excluding hydrogens is 503 g/mol. The topological polar surface area (TPSA) is 132 Å². The van der Waals surface area contributed by atoms with Crippen molar-refractivity contribution in [3.8, 4) is 0 Å². The zero-order valence-corrected chi connectivity index (χ0v) is 21.8. The predicted molar refractivity (Wildman–Crippen MR) is 138 cm³/mol. The molecule has 0 spiro atoms. The summed E-state index contributed by atoms with van der Waals surface area (Å²) < 4.78 is 18.1. The summed E-state index contributed by atoms with van der Waals surface area (Å²) in [6, 6.07) is 10.1. The molecule has 36 heavy (non-hydrogen) atoms. The van der Waals surface area contributed by atoms with Crippen molar-refractivity contribution in [1.29, 1.82) is 0 Å². The van der Waals surface area contributed by atoms with Crippen LogP contribution in [0.2, 0.25) is 0 Å². The lowest BCUT2D eigenvalue weighted by atomic mass is 10.0. The second-order valence-corrected chi connectivity index (χ2v) is 11.3. The number of rotatable bonds is 13. The van der Waals surface area contributed by atoms with Gasteiger partial charge in [0.25, 0.3) is 5.91 Å². The zero-order valence-electron chi connectivity index (χ0n) is 20.1. The zero-order chi connectivity index (χ0) is 26.1. The number of carbonyl (C=O) groups excluding carboxylic acids is 1. The Labute approximate surface area is 214 Å². The van der Waals surface area contributed by atoms with Gasteiger partial charge < -0.3 is 10.00 Å². The third-order valence-electron chi connectivity index (χ3n) is 5.34. The van der Waals surface area contributed by atoms with Crippen LogP contribution in [0.4, 0.5) is 0 Å². The van der Waals surface area contributed by atoms with Crippen LogP contribution in [0.3, 0.4) is 0 Å². The highest BCUT2D eigenvalue weighted by atomic mass is 32.1. The number of aliphatic imine (C=N–C) groups is 1. The van der Waals surface area contributed by atoms with E-state index in [0.29, 0.717) is 0 Å². The molecule has 1 unspecified atom stereocenters. The van der Waals surface area contributed by atoms with Gasteiger partial charge in [0.05, 0.1) is 19.2 Å². The number of aliphatic carboxylic acids is 1. The number of carboxylic acids is 1. The molecule has 1 aromatic carbocycles. The molecule has 3 N–H and O–H groups in total. The number of amides is 1. The highest BCUT2D eigenvalue weighted by molar-refractivity contribution is 7.50. The second-order valence-electron chi connectivity index (χ2n) is 8.66. The van der Waals surface area contributed by atoms with E-state index >= 15 is 0 Å². The Bertz CT molecular complexity index is 1110. The highest BCUT2D eigenvalue weighted by Gasteiger charge is 2.40. The van der Waals surface area contributed by atoms with E-state index < -0.39 is 31.7 Å². The van der Waals surface area contributed by atoms with Crippen molar-refractivity contribution in [2.75, 3.05) is 6.54 Å². The predicted octanol–water partition coefficient (Wildman–Crippen LogP) is 3.67. The third-order valence-corrected chi connectivity index (χ3v) is 7.31. The average molecular weight is 535 g/mol. The molecule has 0 bridgehead atoms. The molecule has 1 aliphatic rings. The Morgan fingerprint density at radius 2 is 2.00 bits per heavy atom. The number of carbonyl (C=O) groups is 2. The summed E-state index contributed by atoms with van der Waals surface area (Å²) in [5.74, 6) is -1.89. The Hall–Kier alpha value is -2.82. The Morgan fingerprint density at radius 1 is 1.25 bits per heavy atom. The standard InChI is InChI=1S/C24H31N4O6PS/c1-18(2)15-21(26-35(32,33)34-17-20-9-6-14-36-20)23(29)28(27-12-10-25-11-13-27)22(24(30)31)16-19-7-4-3-5-8-19/h3-12,14,18,21-22H,13,15-17H2,1-2H3,(H,30,31)(H2,26,32,33)/t21-,22-/m0/s1. The first-order chi connectivity index (χ1) is 17.2. The molecule has 1 amide bonds. The van der Waals surface area contributed by atoms with Gasteiger partial charge in [-0.3, -0.25) is 19.3 Å². The first-order valence-corrected chi connectivity index (χ1v) is 13.9. The molecule has 0 saturated heterocycles. The summed E-state index contributed by atoms with van der Waals surface area (Å²) in [6.45, 7) is 3.81. The lowest BCUT2D eigenvalue weighted by molar-refractivity contribution is -0.164. The average Bonchev–Trinajstić information content (AvgIpc) is 3.37. The van der Waals surface area contributed by atoms with Gasteiger partial charge >= 0.3 is 13.7 Å². The van der Waals surface area contributed by atoms with Gasteiger partial charge in [0.1, 0.15) is 0 Å². The minimum Gasteiger partial charge on any atom is -0.480 e. The van der Waals surface area contributed by atoms with E-state index in [9.17, 15) is 24.2 Å². The van der Waals surface area contributed by atoms with Crippen molar-refractivity contribution in [1.82, 2.24) is 15.1 Å². The number of hydrogen-bond donors (Lipinski definition) is 3. The van der Waals surface area contributed by atoms with Crippen LogP contribution < -0.4 is 5.09 Å². The Balaban J connectivity index is 1.89. The van der Waals surface area contributed by atoms with E-state index in [2.05, 4.69) is 10.1 Å². The van der Waals surface area contributed by atoms with Gasteiger partial charge in [0, 0.05) is 29.9 Å². The summed E-state index contributed by atoms with van der Waals surface area (Å²) in [5, 5.41) is 17.1. The van der Waals surface area contributed by atoms with Gasteiger partial charge in [-0.05, 0) is 29.3 Å². The van der Waals surface area contributed by atoms with Crippen molar-refractivity contribution < 1.29 is 28.7 Å². The van der Waals surface area contributed by atoms with Crippen molar-refractivity contribution in [3.05, 3.63) is 70.7 Å². The van der Waals surface area contributed by atoms with E-state index in [1.54, 1.807) is 42.6 Å². The maximum Gasteiger partial charge on any atom is 0.403 e. The van der Waals surface area contributed by atoms with Gasteiger partial charge in [-0.25, -0.2) is 19.5 Å². The SMILES string of the molecule is CC(C)C[C@H](NP(=O)(O)OCc1cccs1)C(=O)N([C@@H](Cc1ccccc1)C(=O)O)N1C=CN=CC1. The van der Waals surface area contributed by atoms with Gasteiger partial charge in [-0.1, -0.05) is 50.2 Å². The van der Waals surface area contributed by atoms with E-state index in [1.807, 2.05) is 25.3 Å². The van der Waals surface area contributed by atoms with Crippen LogP contribution >= 0.6 is 19.1 Å². The first-order valence-electron chi connectivity index (χ1n) is 11.5. The van der Waals surface area contributed by atoms with Gasteiger partial charge in [0.15, 0.2) is 6.04 Å². The molecule has 0 aliphatic carbocycles. The second kappa shape index (κ2) is 12.9. The normalized spacial score (nSPS) is 16.5. The van der Waals surface area contributed by atoms with Crippen LogP contribution in [0.25, 0.3) is 0 Å². The Kier molecular flexibility index (Phi) is 9.98. The molecule has 0 fully saturated rings. The lowest BCUT2D eigenvalue weighted by Gasteiger charge is -2.40. The molecule has 12 heteroatoms. The van der Waals surface area contributed by atoms with Gasteiger partial charge in [-0.2, -0.15) is 0 Å². The molecular formula is C24H31N4O6PS. The van der Waals surface area contributed by atoms with Crippen LogP contribution in [0.15, 0.2) is 65.2 Å². The van der Waals surface area contributed by atoms with Crippen molar-refractivity contribution in [2.45, 2.75) is 45.4 Å². The van der Waals surface area contributed by atoms with Crippen molar-refractivity contribution in [2.24, 2.45) is 10.9 Å². The molecule has 2 heterocycles. The van der Waals surface area contributed by atoms with E-state index in [-0.39, 0.29) is 31.9 Å². The minimum absolute atomic E-state index is 0.0403. The van der Waals surface area contributed by atoms with Crippen molar-refractivity contribution >= 4 is 37.2 Å². The summed E-state index contributed by atoms with van der Waals surface area (Å²) in [4.78, 5) is 41.6. The molecule has 10 nitrogen and oxygen atoms in total. The largest absolute Gasteiger partial charge is 0.480 e. The quantitative estimate of drug-likeness (QED) is 0.332. The first kappa shape index (κ1) is 27.8. The fourth-order valence-corrected chi connectivity index (χ4v) is 5.42. The number of benzene rings is 1. The number of hydrogen-bond acceptors (Lipinski definition) is 7. The third kappa shape index (κ3) is 8.11. The Morgan fingerprint density at radius 3 is 2.58 bits per heavy atom. The number of thiophene rings is 1.